The van der Waals surface area contributed by atoms with E-state index in [0.29, 0.717) is 10.6 Å². The molecule has 2 amide bonds. The summed E-state index contributed by atoms with van der Waals surface area (Å²) in [5.41, 5.74) is -1.39. The van der Waals surface area contributed by atoms with Crippen molar-refractivity contribution in [2.75, 3.05) is 14.2 Å². The van der Waals surface area contributed by atoms with Crippen molar-refractivity contribution in [1.29, 1.82) is 0 Å². The summed E-state index contributed by atoms with van der Waals surface area (Å²) in [6.07, 6.45) is -1.42. The summed E-state index contributed by atoms with van der Waals surface area (Å²) >= 11 is -0.161. The number of rotatable bonds is 9. The van der Waals surface area contributed by atoms with Crippen molar-refractivity contribution in [1.82, 2.24) is 10.6 Å². The van der Waals surface area contributed by atoms with Gasteiger partial charge in [0.2, 0.25) is 0 Å². The second-order valence-electron chi connectivity index (χ2n) is 8.01. The first-order valence-electron chi connectivity index (χ1n) is 9.07. The number of alkyl carbamates (subject to hydrolysis) is 2. The standard InChI is InChI=1S/C18H32N2O8Se2/c1-17(2,3)27-15(23)19-11(13(21)25-7)9-29-30-10-12(14(22)26-8)20-16(24)28-18(4,5)6/h11-12H,9-10H2,1-8H3,(H,19,23)(H,20,24)/t11-,12-/m0/s1. The molecule has 2 N–H and O–H groups in total. The van der Waals surface area contributed by atoms with Gasteiger partial charge in [0.05, 0.1) is 0 Å². The van der Waals surface area contributed by atoms with Crippen LogP contribution in [0.3, 0.4) is 0 Å². The Morgan fingerprint density at radius 2 is 1.00 bits per heavy atom. The second-order valence-corrected chi connectivity index (χ2v) is 15.5. The molecule has 0 heterocycles. The van der Waals surface area contributed by atoms with Crippen LogP contribution in [0.15, 0.2) is 0 Å². The molecule has 0 saturated carbocycles. The number of esters is 2. The topological polar surface area (TPSA) is 129 Å². The molecule has 0 radical (unpaired) electrons. The number of amides is 2. The molecule has 0 bridgehead atoms. The van der Waals surface area contributed by atoms with Gasteiger partial charge in [-0.25, -0.2) is 0 Å². The van der Waals surface area contributed by atoms with Crippen molar-refractivity contribution in [3.05, 3.63) is 0 Å². The van der Waals surface area contributed by atoms with Gasteiger partial charge in [-0.3, -0.25) is 0 Å². The summed E-state index contributed by atoms with van der Waals surface area (Å²) in [6.45, 7) is 10.3. The first-order chi connectivity index (χ1) is 13.7. The van der Waals surface area contributed by atoms with Gasteiger partial charge in [-0.1, -0.05) is 0 Å². The summed E-state index contributed by atoms with van der Waals surface area (Å²) < 4.78 is 19.8. The molecule has 30 heavy (non-hydrogen) atoms. The van der Waals surface area contributed by atoms with Gasteiger partial charge < -0.3 is 0 Å². The number of carbonyl (C=O) groups is 4. The molecule has 12 heteroatoms. The molecule has 2 atom stereocenters. The molecule has 0 saturated heterocycles. The Balaban J connectivity index is 4.74. The fraction of sp³-hybridized carbons (Fsp3) is 0.778. The fourth-order valence-electron chi connectivity index (χ4n) is 1.75. The van der Waals surface area contributed by atoms with Gasteiger partial charge in [0.25, 0.3) is 0 Å². The predicted molar refractivity (Wildman–Crippen MR) is 111 cm³/mol. The van der Waals surface area contributed by atoms with E-state index >= 15 is 0 Å². The summed E-state index contributed by atoms with van der Waals surface area (Å²) in [4.78, 5) is 47.8. The van der Waals surface area contributed by atoms with Gasteiger partial charge >= 0.3 is 189 Å². The van der Waals surface area contributed by atoms with Gasteiger partial charge in [-0.05, 0) is 0 Å². The van der Waals surface area contributed by atoms with Crippen molar-refractivity contribution >= 4 is 50.4 Å². The van der Waals surface area contributed by atoms with E-state index in [1.54, 1.807) is 41.5 Å². The van der Waals surface area contributed by atoms with E-state index in [-0.39, 0.29) is 26.3 Å². The van der Waals surface area contributed by atoms with Gasteiger partial charge in [-0.2, -0.15) is 0 Å². The first kappa shape index (κ1) is 28.5. The Morgan fingerprint density at radius 1 is 0.700 bits per heavy atom. The van der Waals surface area contributed by atoms with Crippen LogP contribution in [-0.4, -0.2) is 87.9 Å². The summed E-state index contributed by atoms with van der Waals surface area (Å²) in [6, 6.07) is -1.69. The first-order valence-corrected chi connectivity index (χ1v) is 15.8. The maximum absolute atomic E-state index is 12.0. The van der Waals surface area contributed by atoms with E-state index in [0.717, 1.165) is 0 Å². The molecular weight excluding hydrogens is 530 g/mol. The molecule has 0 unspecified atom stereocenters. The molecule has 0 aromatic rings. The zero-order chi connectivity index (χ0) is 23.5. The van der Waals surface area contributed by atoms with Crippen molar-refractivity contribution in [3.63, 3.8) is 0 Å². The molecular formula is C18H32N2O8Se2. The van der Waals surface area contributed by atoms with Crippen LogP contribution in [-0.2, 0) is 28.5 Å². The average Bonchev–Trinajstić information content (AvgIpc) is 2.58. The third kappa shape index (κ3) is 13.7. The van der Waals surface area contributed by atoms with E-state index in [1.165, 1.54) is 14.2 Å². The summed E-state index contributed by atoms with van der Waals surface area (Å²) in [5, 5.41) is 5.75. The summed E-state index contributed by atoms with van der Waals surface area (Å²) in [7, 11) is 2.48. The quantitative estimate of drug-likeness (QED) is 0.186. The average molecular weight is 562 g/mol. The molecule has 0 aliphatic carbocycles. The molecule has 0 aromatic carbocycles. The predicted octanol–water partition coefficient (Wildman–Crippen LogP) is 1.28. The number of hydrogen-bond donors (Lipinski definition) is 2. The van der Waals surface area contributed by atoms with Gasteiger partial charge in [-0.15, -0.1) is 0 Å². The number of methoxy groups -OCH3 is 2. The van der Waals surface area contributed by atoms with E-state index in [2.05, 4.69) is 10.6 Å². The van der Waals surface area contributed by atoms with Gasteiger partial charge in [0.15, 0.2) is 0 Å². The van der Waals surface area contributed by atoms with Crippen LogP contribution in [0.5, 0.6) is 0 Å². The van der Waals surface area contributed by atoms with Crippen LogP contribution in [0.25, 0.3) is 0 Å². The molecule has 0 rings (SSSR count). The molecule has 0 spiro atoms. The third-order valence-corrected chi connectivity index (χ3v) is 10.0. The second kappa shape index (κ2) is 13.0. The number of ether oxygens (including phenoxy) is 4. The molecule has 0 aromatic heterocycles. The molecule has 0 aliphatic rings. The monoisotopic (exact) mass is 564 g/mol. The van der Waals surface area contributed by atoms with E-state index in [1.807, 2.05) is 0 Å². The van der Waals surface area contributed by atoms with Crippen LogP contribution >= 0.6 is 0 Å². The Hall–Kier alpha value is -1.48. The number of nitrogens with one attached hydrogen (secondary N) is 2. The van der Waals surface area contributed by atoms with Crippen molar-refractivity contribution in [2.24, 2.45) is 0 Å². The van der Waals surface area contributed by atoms with Crippen LogP contribution in [0.4, 0.5) is 9.59 Å². The maximum atomic E-state index is 12.0. The van der Waals surface area contributed by atoms with E-state index in [4.69, 9.17) is 18.9 Å². The zero-order valence-electron chi connectivity index (χ0n) is 18.7. The Bertz CT molecular complexity index is 550. The Labute approximate surface area is 188 Å². The summed E-state index contributed by atoms with van der Waals surface area (Å²) in [5.74, 6) is -1.15. The number of hydrogen-bond acceptors (Lipinski definition) is 8. The fourth-order valence-corrected chi connectivity index (χ4v) is 8.71. The molecule has 0 fully saturated rings. The Kier molecular flexibility index (Phi) is 12.4. The van der Waals surface area contributed by atoms with Crippen LogP contribution in [0.2, 0.25) is 10.6 Å². The van der Waals surface area contributed by atoms with Crippen molar-refractivity contribution in [2.45, 2.75) is 75.5 Å². The van der Waals surface area contributed by atoms with E-state index < -0.39 is 47.4 Å². The molecule has 0 aliphatic heterocycles. The van der Waals surface area contributed by atoms with Gasteiger partial charge in [0, 0.05) is 0 Å². The van der Waals surface area contributed by atoms with Gasteiger partial charge in [0.1, 0.15) is 0 Å². The Morgan fingerprint density at radius 3 is 1.23 bits per heavy atom. The van der Waals surface area contributed by atoms with Crippen LogP contribution in [0, 0.1) is 0 Å². The van der Waals surface area contributed by atoms with Crippen LogP contribution in [0.1, 0.15) is 41.5 Å². The minimum absolute atomic E-state index is 0.0806. The number of carbonyl (C=O) groups excluding carboxylic acids is 4. The molecule has 10 nitrogen and oxygen atoms in total. The van der Waals surface area contributed by atoms with Crippen molar-refractivity contribution < 1.29 is 38.1 Å². The zero-order valence-corrected chi connectivity index (χ0v) is 22.1. The SMILES string of the molecule is COC(=O)[C@H](C[Se][Se]C[C@H](NC(=O)OC(C)(C)C)C(=O)OC)NC(=O)OC(C)(C)C. The van der Waals surface area contributed by atoms with Crippen LogP contribution < -0.4 is 10.6 Å². The minimum atomic E-state index is -0.845. The normalized spacial score (nSPS) is 13.5. The van der Waals surface area contributed by atoms with E-state index in [9.17, 15) is 19.2 Å². The third-order valence-electron chi connectivity index (χ3n) is 2.91. The molecule has 174 valence electrons. The van der Waals surface area contributed by atoms with Crippen molar-refractivity contribution in [3.8, 4) is 0 Å².